The summed E-state index contributed by atoms with van der Waals surface area (Å²) in [6, 6.07) is 12.8. The van der Waals surface area contributed by atoms with E-state index in [1.165, 1.54) is 13.3 Å². The summed E-state index contributed by atoms with van der Waals surface area (Å²) >= 11 is 9.52. The number of esters is 1. The minimum atomic E-state index is -1.15. The Morgan fingerprint density at radius 2 is 2.02 bits per heavy atom. The normalized spacial score (nSPS) is 15.8. The molecule has 0 unspecified atom stereocenters. The van der Waals surface area contributed by atoms with E-state index in [0.29, 0.717) is 45.9 Å². The van der Waals surface area contributed by atoms with Gasteiger partial charge in [-0.1, -0.05) is 23.7 Å². The van der Waals surface area contributed by atoms with Crippen LogP contribution < -0.4 is 25.5 Å². The highest BCUT2D eigenvalue weighted by Crippen LogP contribution is 2.35. The zero-order chi connectivity index (χ0) is 29.5. The van der Waals surface area contributed by atoms with Gasteiger partial charge in [-0.3, -0.25) is 5.43 Å². The van der Waals surface area contributed by atoms with Crippen LogP contribution >= 0.6 is 27.5 Å². The number of aliphatic hydroxyl groups excluding tert-OH is 1. The number of hydrogen-bond donors (Lipinski definition) is 4. The van der Waals surface area contributed by atoms with E-state index in [0.717, 1.165) is 10.0 Å². The van der Waals surface area contributed by atoms with E-state index in [1.807, 2.05) is 19.1 Å². The summed E-state index contributed by atoms with van der Waals surface area (Å²) in [6.07, 6.45) is 0.273. The molecule has 216 valence electrons. The molecule has 2 atom stereocenters. The largest absolute Gasteiger partial charge is 0.490 e. The average molecular weight is 648 g/mol. The number of ether oxygens (including phenoxy) is 3. The zero-order valence-electron chi connectivity index (χ0n) is 22.4. The second-order valence-electron chi connectivity index (χ2n) is 8.75. The third kappa shape index (κ3) is 7.40. The Balaban J connectivity index is 1.39. The first-order valence-electron chi connectivity index (χ1n) is 12.5. The Labute approximate surface area is 249 Å². The SMILES string of the molecule is CCOc1cc([C@H]2NC(=O)NC(C)=C2C(=O)OC)ccc1OC[C@H](O)N/N=C\c1ccc(-c2ccc(Br)c(Cl)c2)o1. The van der Waals surface area contributed by atoms with Gasteiger partial charge in [-0.15, -0.1) is 0 Å². The fraction of sp³-hybridized carbons (Fsp3) is 0.250. The molecule has 0 bridgehead atoms. The minimum absolute atomic E-state index is 0.159. The molecule has 1 aliphatic heterocycles. The van der Waals surface area contributed by atoms with E-state index in [1.54, 1.807) is 43.3 Å². The van der Waals surface area contributed by atoms with Crippen LogP contribution in [0.25, 0.3) is 11.3 Å². The van der Waals surface area contributed by atoms with Crippen molar-refractivity contribution in [2.75, 3.05) is 20.3 Å². The lowest BCUT2D eigenvalue weighted by atomic mass is 9.95. The number of methoxy groups -OCH3 is 1. The van der Waals surface area contributed by atoms with Crippen LogP contribution in [0, 0.1) is 0 Å². The van der Waals surface area contributed by atoms with Crippen molar-refractivity contribution in [1.29, 1.82) is 0 Å². The van der Waals surface area contributed by atoms with E-state index >= 15 is 0 Å². The van der Waals surface area contributed by atoms with Crippen LogP contribution in [0.1, 0.15) is 31.2 Å². The molecule has 2 aromatic carbocycles. The Hall–Kier alpha value is -4.00. The second-order valence-corrected chi connectivity index (χ2v) is 10.0. The Morgan fingerprint density at radius 3 is 2.76 bits per heavy atom. The maximum absolute atomic E-state index is 12.4. The third-order valence-electron chi connectivity index (χ3n) is 5.92. The van der Waals surface area contributed by atoms with E-state index in [-0.39, 0.29) is 12.2 Å². The highest BCUT2D eigenvalue weighted by Gasteiger charge is 2.32. The second kappa shape index (κ2) is 13.6. The summed E-state index contributed by atoms with van der Waals surface area (Å²) in [6.45, 7) is 3.61. The van der Waals surface area contributed by atoms with Gasteiger partial charge < -0.3 is 34.4 Å². The molecule has 0 saturated heterocycles. The van der Waals surface area contributed by atoms with Crippen molar-refractivity contribution in [3.05, 3.63) is 80.6 Å². The van der Waals surface area contributed by atoms with E-state index < -0.39 is 24.3 Å². The van der Waals surface area contributed by atoms with Gasteiger partial charge in [0.05, 0.1) is 36.6 Å². The van der Waals surface area contributed by atoms with Crippen LogP contribution in [-0.4, -0.2) is 49.9 Å². The molecule has 13 heteroatoms. The molecule has 3 aromatic rings. The number of amides is 2. The topological polar surface area (TPSA) is 144 Å². The lowest BCUT2D eigenvalue weighted by molar-refractivity contribution is -0.136. The van der Waals surface area contributed by atoms with Gasteiger partial charge in [-0.05, 0) is 71.7 Å². The molecule has 0 aliphatic carbocycles. The van der Waals surface area contributed by atoms with Crippen LogP contribution in [0.3, 0.4) is 0 Å². The Bertz CT molecular complexity index is 1490. The summed E-state index contributed by atoms with van der Waals surface area (Å²) < 4.78 is 22.9. The molecule has 4 rings (SSSR count). The highest BCUT2D eigenvalue weighted by molar-refractivity contribution is 9.10. The molecule has 2 heterocycles. The fourth-order valence-corrected chi connectivity index (χ4v) is 4.46. The molecule has 41 heavy (non-hydrogen) atoms. The van der Waals surface area contributed by atoms with Crippen LogP contribution in [0.5, 0.6) is 11.5 Å². The summed E-state index contributed by atoms with van der Waals surface area (Å²) in [7, 11) is 1.27. The summed E-state index contributed by atoms with van der Waals surface area (Å²) in [5.41, 5.74) is 4.63. The third-order valence-corrected chi connectivity index (χ3v) is 7.15. The quantitative estimate of drug-likeness (QED) is 0.0998. The zero-order valence-corrected chi connectivity index (χ0v) is 24.7. The van der Waals surface area contributed by atoms with Crippen molar-refractivity contribution in [2.24, 2.45) is 5.10 Å². The number of halogens is 2. The summed E-state index contributed by atoms with van der Waals surface area (Å²) in [5.74, 6) is 1.23. The molecule has 0 radical (unpaired) electrons. The number of nitrogens with zero attached hydrogens (tertiary/aromatic N) is 1. The van der Waals surface area contributed by atoms with Crippen LogP contribution in [0.2, 0.25) is 5.02 Å². The lowest BCUT2D eigenvalue weighted by Crippen LogP contribution is -2.45. The highest BCUT2D eigenvalue weighted by atomic mass is 79.9. The first-order valence-corrected chi connectivity index (χ1v) is 13.6. The number of hydrogen-bond acceptors (Lipinski definition) is 9. The minimum Gasteiger partial charge on any atom is -0.490 e. The van der Waals surface area contributed by atoms with Crippen molar-refractivity contribution in [3.8, 4) is 22.8 Å². The molecule has 0 fully saturated rings. The van der Waals surface area contributed by atoms with Crippen molar-refractivity contribution in [1.82, 2.24) is 16.1 Å². The molecule has 1 aromatic heterocycles. The first-order chi connectivity index (χ1) is 19.7. The van der Waals surface area contributed by atoms with Crippen LogP contribution in [0.15, 0.2) is 73.8 Å². The molecule has 0 saturated carbocycles. The lowest BCUT2D eigenvalue weighted by Gasteiger charge is -2.28. The molecule has 11 nitrogen and oxygen atoms in total. The number of rotatable bonds is 11. The number of benzene rings is 2. The Kier molecular flexibility index (Phi) is 9.92. The Morgan fingerprint density at radius 1 is 1.22 bits per heavy atom. The molecule has 4 N–H and O–H groups in total. The molecule has 0 spiro atoms. The van der Waals surface area contributed by atoms with Gasteiger partial charge in [0, 0.05) is 15.7 Å². The number of carbonyl (C=O) groups is 2. The predicted octanol–water partition coefficient (Wildman–Crippen LogP) is 4.88. The number of hydrazone groups is 1. The standard InChI is InChI=1S/C28H28BrClN4O7/c1-4-39-23-12-17(26-25(27(36)38-3)15(2)32-28(37)33-26)6-9-22(23)40-14-24(35)34-31-13-18-7-10-21(41-18)16-5-8-19(29)20(30)11-16/h5-13,24,26,34-35H,4,14H2,1-3H3,(H2,32,33,37)/b31-13-/t24-,26+/m0/s1. The number of furan rings is 1. The predicted molar refractivity (Wildman–Crippen MR) is 156 cm³/mol. The van der Waals surface area contributed by atoms with Gasteiger partial charge in [-0.2, -0.15) is 5.10 Å². The van der Waals surface area contributed by atoms with Crippen molar-refractivity contribution in [2.45, 2.75) is 26.1 Å². The molecular weight excluding hydrogens is 620 g/mol. The number of nitrogens with one attached hydrogen (secondary N) is 3. The maximum Gasteiger partial charge on any atom is 0.337 e. The van der Waals surface area contributed by atoms with Crippen molar-refractivity contribution >= 4 is 45.7 Å². The van der Waals surface area contributed by atoms with Crippen LogP contribution in [-0.2, 0) is 9.53 Å². The molecule has 1 aliphatic rings. The van der Waals surface area contributed by atoms with E-state index in [9.17, 15) is 14.7 Å². The summed E-state index contributed by atoms with van der Waals surface area (Å²) in [4.78, 5) is 24.5. The van der Waals surface area contributed by atoms with Crippen molar-refractivity contribution in [3.63, 3.8) is 0 Å². The van der Waals surface area contributed by atoms with Gasteiger partial charge in [0.1, 0.15) is 18.1 Å². The number of allylic oxidation sites excluding steroid dienone is 1. The van der Waals surface area contributed by atoms with Gasteiger partial charge in [0.2, 0.25) is 0 Å². The molecular formula is C28H28BrClN4O7. The average Bonchev–Trinajstić information content (AvgIpc) is 3.42. The van der Waals surface area contributed by atoms with Gasteiger partial charge in [0.25, 0.3) is 0 Å². The summed E-state index contributed by atoms with van der Waals surface area (Å²) in [5, 5.41) is 20.2. The first kappa shape index (κ1) is 30.0. The monoisotopic (exact) mass is 646 g/mol. The van der Waals surface area contributed by atoms with Gasteiger partial charge in [0.15, 0.2) is 17.7 Å². The number of carbonyl (C=O) groups excluding carboxylic acids is 2. The smallest absolute Gasteiger partial charge is 0.337 e. The van der Waals surface area contributed by atoms with Crippen molar-refractivity contribution < 1.29 is 33.3 Å². The maximum atomic E-state index is 12.4. The van der Waals surface area contributed by atoms with Gasteiger partial charge in [-0.25, -0.2) is 9.59 Å². The van der Waals surface area contributed by atoms with E-state index in [2.05, 4.69) is 37.1 Å². The van der Waals surface area contributed by atoms with Crippen LogP contribution in [0.4, 0.5) is 4.79 Å². The number of aliphatic hydroxyl groups is 1. The number of urea groups is 1. The van der Waals surface area contributed by atoms with E-state index in [4.69, 9.17) is 30.2 Å². The fourth-order valence-electron chi connectivity index (χ4n) is 4.04. The molecule has 2 amide bonds. The van der Waals surface area contributed by atoms with Gasteiger partial charge >= 0.3 is 12.0 Å².